The Labute approximate surface area is 131 Å². The predicted molar refractivity (Wildman–Crippen MR) is 88.0 cm³/mol. The molecule has 0 spiro atoms. The van der Waals surface area contributed by atoms with Gasteiger partial charge in [0.2, 0.25) is 0 Å². The van der Waals surface area contributed by atoms with Gasteiger partial charge in [-0.15, -0.1) is 0 Å². The van der Waals surface area contributed by atoms with E-state index in [2.05, 4.69) is 17.1 Å². The summed E-state index contributed by atoms with van der Waals surface area (Å²) in [5.41, 5.74) is 0.758. The lowest BCUT2D eigenvalue weighted by atomic mass is 10.1. The highest BCUT2D eigenvalue weighted by Crippen LogP contribution is 2.18. The van der Waals surface area contributed by atoms with Gasteiger partial charge >= 0.3 is 0 Å². The summed E-state index contributed by atoms with van der Waals surface area (Å²) in [7, 11) is 0. The Kier molecular flexibility index (Phi) is 4.78. The van der Waals surface area contributed by atoms with Gasteiger partial charge in [-0.3, -0.25) is 4.79 Å². The number of para-hydroxylation sites is 1. The van der Waals surface area contributed by atoms with Crippen LogP contribution >= 0.6 is 0 Å². The van der Waals surface area contributed by atoms with Gasteiger partial charge in [0.1, 0.15) is 5.58 Å². The minimum Gasteiger partial charge on any atom is -0.451 e. The van der Waals surface area contributed by atoms with Gasteiger partial charge in [0.15, 0.2) is 5.76 Å². The number of carbonyl (C=O) groups is 1. The van der Waals surface area contributed by atoms with Crippen LogP contribution in [0.25, 0.3) is 11.0 Å². The zero-order chi connectivity index (χ0) is 15.4. The molecule has 1 aromatic carbocycles. The molecule has 1 unspecified atom stereocenters. The molecular formula is C18H24N2O2. The van der Waals surface area contributed by atoms with Crippen LogP contribution in [0.3, 0.4) is 0 Å². The summed E-state index contributed by atoms with van der Waals surface area (Å²) < 4.78 is 5.59. The van der Waals surface area contributed by atoms with E-state index >= 15 is 0 Å². The summed E-state index contributed by atoms with van der Waals surface area (Å²) >= 11 is 0. The summed E-state index contributed by atoms with van der Waals surface area (Å²) in [4.78, 5) is 14.7. The molecule has 4 nitrogen and oxygen atoms in total. The van der Waals surface area contributed by atoms with E-state index in [9.17, 15) is 4.79 Å². The molecule has 1 saturated heterocycles. The fourth-order valence-electron chi connectivity index (χ4n) is 3.10. The summed E-state index contributed by atoms with van der Waals surface area (Å²) in [5, 5.41) is 3.96. The first-order chi connectivity index (χ1) is 10.7. The molecule has 118 valence electrons. The van der Waals surface area contributed by atoms with Crippen LogP contribution in [0.15, 0.2) is 34.7 Å². The highest BCUT2D eigenvalue weighted by Gasteiger charge is 2.16. The van der Waals surface area contributed by atoms with Crippen molar-refractivity contribution >= 4 is 16.9 Å². The topological polar surface area (TPSA) is 45.5 Å². The maximum atomic E-state index is 12.2. The van der Waals surface area contributed by atoms with Crippen LogP contribution in [0.5, 0.6) is 0 Å². The third-order valence-corrected chi connectivity index (χ3v) is 4.28. The van der Waals surface area contributed by atoms with Gasteiger partial charge in [-0.05, 0) is 44.0 Å². The van der Waals surface area contributed by atoms with Gasteiger partial charge in [0.05, 0.1) is 0 Å². The molecule has 0 aliphatic carbocycles. The van der Waals surface area contributed by atoms with E-state index < -0.39 is 0 Å². The van der Waals surface area contributed by atoms with Crippen molar-refractivity contribution < 1.29 is 9.21 Å². The van der Waals surface area contributed by atoms with Crippen molar-refractivity contribution in [1.82, 2.24) is 10.2 Å². The van der Waals surface area contributed by atoms with Gasteiger partial charge in [-0.1, -0.05) is 31.5 Å². The van der Waals surface area contributed by atoms with Crippen LogP contribution in [0, 0.1) is 5.92 Å². The van der Waals surface area contributed by atoms with Crippen LogP contribution in [0.2, 0.25) is 0 Å². The Morgan fingerprint density at radius 2 is 2.05 bits per heavy atom. The molecular weight excluding hydrogens is 276 g/mol. The van der Waals surface area contributed by atoms with Crippen molar-refractivity contribution in [3.8, 4) is 0 Å². The Morgan fingerprint density at radius 1 is 1.27 bits per heavy atom. The van der Waals surface area contributed by atoms with E-state index in [4.69, 9.17) is 4.42 Å². The number of hydrogen-bond acceptors (Lipinski definition) is 3. The first-order valence-electron chi connectivity index (χ1n) is 8.21. The molecule has 0 bridgehead atoms. The Morgan fingerprint density at radius 3 is 2.82 bits per heavy atom. The lowest BCUT2D eigenvalue weighted by Crippen LogP contribution is -2.37. The molecule has 2 heterocycles. The van der Waals surface area contributed by atoms with E-state index in [1.54, 1.807) is 6.07 Å². The highest BCUT2D eigenvalue weighted by molar-refractivity contribution is 5.96. The number of rotatable bonds is 5. The minimum absolute atomic E-state index is 0.123. The molecule has 1 fully saturated rings. The number of fused-ring (bicyclic) bond motifs is 1. The lowest BCUT2D eigenvalue weighted by molar-refractivity contribution is 0.0917. The molecule has 3 rings (SSSR count). The molecule has 0 saturated carbocycles. The number of nitrogens with one attached hydrogen (secondary N) is 1. The summed E-state index contributed by atoms with van der Waals surface area (Å²) in [6, 6.07) is 9.49. The Hall–Kier alpha value is -1.81. The molecule has 1 N–H and O–H groups in total. The largest absolute Gasteiger partial charge is 0.451 e. The molecule has 2 aromatic rings. The lowest BCUT2D eigenvalue weighted by Gasteiger charge is -2.29. The second kappa shape index (κ2) is 6.97. The molecule has 22 heavy (non-hydrogen) atoms. The van der Waals surface area contributed by atoms with E-state index in [0.29, 0.717) is 18.2 Å². The van der Waals surface area contributed by atoms with Gasteiger partial charge in [0, 0.05) is 18.5 Å². The fourth-order valence-corrected chi connectivity index (χ4v) is 3.10. The zero-order valence-electron chi connectivity index (χ0n) is 13.2. The number of nitrogens with zero attached hydrogens (tertiary/aromatic N) is 1. The number of furan rings is 1. The van der Waals surface area contributed by atoms with E-state index in [1.165, 1.54) is 32.4 Å². The van der Waals surface area contributed by atoms with Crippen LogP contribution in [0.4, 0.5) is 0 Å². The SMILES string of the molecule is CC(CNC(=O)c1cc2ccccc2o1)CN1CCCCC1. The smallest absolute Gasteiger partial charge is 0.287 e. The number of likely N-dealkylation sites (tertiary alicyclic amines) is 1. The highest BCUT2D eigenvalue weighted by atomic mass is 16.3. The van der Waals surface area contributed by atoms with E-state index in [0.717, 1.165) is 17.5 Å². The fraction of sp³-hybridized carbons (Fsp3) is 0.500. The standard InChI is InChI=1S/C18H24N2O2/c1-14(13-20-9-5-2-6-10-20)12-19-18(21)17-11-15-7-3-4-8-16(15)22-17/h3-4,7-8,11,14H,2,5-6,9-10,12-13H2,1H3,(H,19,21). The van der Waals surface area contributed by atoms with Crippen molar-refractivity contribution in [1.29, 1.82) is 0 Å². The number of piperidine rings is 1. The first kappa shape index (κ1) is 15.1. The van der Waals surface area contributed by atoms with Crippen LogP contribution in [0.1, 0.15) is 36.7 Å². The Balaban J connectivity index is 1.50. The quantitative estimate of drug-likeness (QED) is 0.921. The zero-order valence-corrected chi connectivity index (χ0v) is 13.2. The minimum atomic E-state index is -0.123. The Bertz CT molecular complexity index is 596. The molecule has 1 aliphatic heterocycles. The molecule has 4 heteroatoms. The van der Waals surface area contributed by atoms with Crippen LogP contribution in [-0.4, -0.2) is 37.0 Å². The third-order valence-electron chi connectivity index (χ3n) is 4.28. The monoisotopic (exact) mass is 300 g/mol. The maximum absolute atomic E-state index is 12.2. The molecule has 1 atom stereocenters. The van der Waals surface area contributed by atoms with Crippen molar-refractivity contribution in [2.75, 3.05) is 26.2 Å². The molecule has 0 radical (unpaired) electrons. The van der Waals surface area contributed by atoms with E-state index in [1.807, 2.05) is 24.3 Å². The number of benzene rings is 1. The maximum Gasteiger partial charge on any atom is 0.287 e. The third kappa shape index (κ3) is 3.69. The van der Waals surface area contributed by atoms with Gasteiger partial charge in [-0.2, -0.15) is 0 Å². The van der Waals surface area contributed by atoms with Crippen LogP contribution < -0.4 is 5.32 Å². The average molecular weight is 300 g/mol. The second-order valence-corrected chi connectivity index (χ2v) is 6.32. The van der Waals surface area contributed by atoms with Crippen molar-refractivity contribution in [3.63, 3.8) is 0 Å². The molecule has 1 aliphatic rings. The molecule has 1 amide bonds. The predicted octanol–water partition coefficient (Wildman–Crippen LogP) is 3.28. The average Bonchev–Trinajstić information content (AvgIpc) is 2.98. The second-order valence-electron chi connectivity index (χ2n) is 6.32. The molecule has 1 aromatic heterocycles. The van der Waals surface area contributed by atoms with Gasteiger partial charge < -0.3 is 14.6 Å². The number of carbonyl (C=O) groups excluding carboxylic acids is 1. The number of amides is 1. The van der Waals surface area contributed by atoms with Crippen molar-refractivity contribution in [2.45, 2.75) is 26.2 Å². The normalized spacial score (nSPS) is 17.5. The van der Waals surface area contributed by atoms with Gasteiger partial charge in [-0.25, -0.2) is 0 Å². The van der Waals surface area contributed by atoms with Gasteiger partial charge in [0.25, 0.3) is 5.91 Å². The van der Waals surface area contributed by atoms with E-state index in [-0.39, 0.29) is 5.91 Å². The summed E-state index contributed by atoms with van der Waals surface area (Å²) in [6.45, 7) is 6.32. The first-order valence-corrected chi connectivity index (χ1v) is 8.21. The summed E-state index contributed by atoms with van der Waals surface area (Å²) in [6.07, 6.45) is 3.96. The number of hydrogen-bond donors (Lipinski definition) is 1. The van der Waals surface area contributed by atoms with Crippen LogP contribution in [-0.2, 0) is 0 Å². The van der Waals surface area contributed by atoms with Crippen molar-refractivity contribution in [3.05, 3.63) is 36.1 Å². The van der Waals surface area contributed by atoms with Crippen molar-refractivity contribution in [2.24, 2.45) is 5.92 Å². The summed E-state index contributed by atoms with van der Waals surface area (Å²) in [5.74, 6) is 0.722.